The van der Waals surface area contributed by atoms with Crippen LogP contribution in [0, 0.1) is 17.3 Å². The maximum atomic E-state index is 12.3. The van der Waals surface area contributed by atoms with Gasteiger partial charge >= 0.3 is 0 Å². The maximum Gasteiger partial charge on any atom is 0.273 e. The van der Waals surface area contributed by atoms with Gasteiger partial charge in [0, 0.05) is 20.0 Å². The molecular formula is C19H21N7O4. The van der Waals surface area contributed by atoms with Crippen molar-refractivity contribution in [1.29, 1.82) is 0 Å². The van der Waals surface area contributed by atoms with Gasteiger partial charge in [-0.1, -0.05) is 0 Å². The normalized spacial score (nSPS) is 25.7. The summed E-state index contributed by atoms with van der Waals surface area (Å²) in [5.41, 5.74) is -0.250. The Kier molecular flexibility index (Phi) is 4.89. The van der Waals surface area contributed by atoms with Crippen molar-refractivity contribution in [3.05, 3.63) is 30.5 Å². The number of anilines is 1. The molecule has 0 saturated heterocycles. The van der Waals surface area contributed by atoms with Gasteiger partial charge in [-0.3, -0.25) is 4.79 Å². The van der Waals surface area contributed by atoms with E-state index in [2.05, 4.69) is 42.4 Å². The van der Waals surface area contributed by atoms with E-state index in [4.69, 9.17) is 4.42 Å². The van der Waals surface area contributed by atoms with Crippen molar-refractivity contribution in [2.24, 2.45) is 5.41 Å². The van der Waals surface area contributed by atoms with E-state index < -0.39 is 23.7 Å². The zero-order valence-electron chi connectivity index (χ0n) is 16.6. The predicted octanol–water partition coefficient (Wildman–Crippen LogP) is -0.325. The summed E-state index contributed by atoms with van der Waals surface area (Å²) in [5.74, 6) is 6.08. The highest BCUT2D eigenvalue weighted by Crippen LogP contribution is 2.45. The number of aromatic nitrogens is 5. The summed E-state index contributed by atoms with van der Waals surface area (Å²) in [5, 5.41) is 26.8. The highest BCUT2D eigenvalue weighted by molar-refractivity contribution is 5.85. The van der Waals surface area contributed by atoms with Gasteiger partial charge in [-0.15, -0.1) is 0 Å². The number of amides is 1. The van der Waals surface area contributed by atoms with Crippen molar-refractivity contribution in [1.82, 2.24) is 29.8 Å². The Morgan fingerprint density at radius 2 is 2.10 bits per heavy atom. The summed E-state index contributed by atoms with van der Waals surface area (Å²) in [4.78, 5) is 29.5. The Labute approximate surface area is 171 Å². The van der Waals surface area contributed by atoms with Crippen molar-refractivity contribution in [2.45, 2.75) is 31.6 Å². The average Bonchev–Trinajstić information content (AvgIpc) is 3.47. The number of carbonyl (C=O) groups is 1. The lowest BCUT2D eigenvalue weighted by Gasteiger charge is -2.26. The first-order valence-corrected chi connectivity index (χ1v) is 9.31. The van der Waals surface area contributed by atoms with Crippen LogP contribution in [0.2, 0.25) is 0 Å². The second kappa shape index (κ2) is 7.40. The van der Waals surface area contributed by atoms with Crippen LogP contribution in [0.15, 0.2) is 23.2 Å². The Morgan fingerprint density at radius 1 is 1.30 bits per heavy atom. The number of nitrogens with one attached hydrogen (secondary N) is 2. The fraction of sp³-hybridized carbons (Fsp3) is 0.421. The van der Waals surface area contributed by atoms with Gasteiger partial charge in [0.2, 0.25) is 11.7 Å². The van der Waals surface area contributed by atoms with Crippen LogP contribution < -0.4 is 10.6 Å². The number of hydrogen-bond acceptors (Lipinski definition) is 9. The van der Waals surface area contributed by atoms with Crippen molar-refractivity contribution in [2.75, 3.05) is 19.4 Å². The SMILES string of the molecule is CNC(=O)C1(C)C[C@@H](n2cnc3c(NC)nc(C#Cc4ncco4)nc32)[C@H](O)[C@@H]1O. The fourth-order valence-electron chi connectivity index (χ4n) is 3.82. The number of hydrogen-bond donors (Lipinski definition) is 4. The van der Waals surface area contributed by atoms with Crippen LogP contribution in [0.1, 0.15) is 31.1 Å². The molecule has 1 unspecified atom stereocenters. The summed E-state index contributed by atoms with van der Waals surface area (Å²) >= 11 is 0. The van der Waals surface area contributed by atoms with Crippen molar-refractivity contribution >= 4 is 22.9 Å². The minimum absolute atomic E-state index is 0.203. The maximum absolute atomic E-state index is 12.3. The first-order valence-electron chi connectivity index (χ1n) is 9.31. The molecule has 1 aliphatic carbocycles. The number of imidazole rings is 1. The summed E-state index contributed by atoms with van der Waals surface area (Å²) in [6.45, 7) is 1.63. The third-order valence-corrected chi connectivity index (χ3v) is 5.48. The minimum Gasteiger partial charge on any atom is -0.439 e. The first kappa shape index (κ1) is 19.8. The van der Waals surface area contributed by atoms with Crippen LogP contribution in [0.4, 0.5) is 5.82 Å². The van der Waals surface area contributed by atoms with Crippen LogP contribution in [-0.4, -0.2) is 66.9 Å². The minimum atomic E-state index is -1.24. The van der Waals surface area contributed by atoms with E-state index in [1.165, 1.54) is 25.8 Å². The molecule has 11 heteroatoms. The predicted molar refractivity (Wildman–Crippen MR) is 105 cm³/mol. The molecule has 4 rings (SSSR count). The summed E-state index contributed by atoms with van der Waals surface area (Å²) in [6.07, 6.45) is 2.20. The van der Waals surface area contributed by atoms with Crippen LogP contribution >= 0.6 is 0 Å². The molecule has 156 valence electrons. The fourth-order valence-corrected chi connectivity index (χ4v) is 3.82. The lowest BCUT2D eigenvalue weighted by atomic mass is 9.85. The zero-order chi connectivity index (χ0) is 21.5. The molecule has 4 N–H and O–H groups in total. The molecule has 0 bridgehead atoms. The first-order chi connectivity index (χ1) is 14.4. The molecule has 3 aromatic heterocycles. The Bertz CT molecular complexity index is 1150. The quantitative estimate of drug-likeness (QED) is 0.425. The number of aliphatic hydroxyl groups excluding tert-OH is 2. The van der Waals surface area contributed by atoms with Crippen LogP contribution in [0.3, 0.4) is 0 Å². The molecule has 3 aromatic rings. The van der Waals surface area contributed by atoms with Crippen LogP contribution in [0.5, 0.6) is 0 Å². The lowest BCUT2D eigenvalue weighted by molar-refractivity contribution is -0.136. The topological polar surface area (TPSA) is 151 Å². The second-order valence-corrected chi connectivity index (χ2v) is 7.26. The van der Waals surface area contributed by atoms with Crippen LogP contribution in [-0.2, 0) is 4.79 Å². The van der Waals surface area contributed by atoms with Gasteiger partial charge in [0.1, 0.15) is 12.4 Å². The molecule has 1 saturated carbocycles. The van der Waals surface area contributed by atoms with Gasteiger partial charge in [-0.2, -0.15) is 0 Å². The number of fused-ring (bicyclic) bond motifs is 1. The molecule has 0 aliphatic heterocycles. The lowest BCUT2D eigenvalue weighted by Crippen LogP contribution is -2.45. The van der Waals surface area contributed by atoms with Gasteiger partial charge in [-0.25, -0.2) is 19.9 Å². The molecule has 1 aliphatic rings. The highest BCUT2D eigenvalue weighted by Gasteiger charge is 2.54. The molecule has 0 radical (unpaired) electrons. The largest absolute Gasteiger partial charge is 0.439 e. The van der Waals surface area contributed by atoms with E-state index in [1.807, 2.05) is 0 Å². The molecule has 11 nitrogen and oxygen atoms in total. The van der Waals surface area contributed by atoms with Gasteiger partial charge in [0.15, 0.2) is 17.0 Å². The molecular weight excluding hydrogens is 390 g/mol. The van der Waals surface area contributed by atoms with Crippen molar-refractivity contribution in [3.8, 4) is 11.8 Å². The van der Waals surface area contributed by atoms with Gasteiger partial charge in [-0.05, 0) is 19.3 Å². The van der Waals surface area contributed by atoms with E-state index in [0.717, 1.165) is 0 Å². The Morgan fingerprint density at radius 3 is 2.77 bits per heavy atom. The summed E-state index contributed by atoms with van der Waals surface area (Å²) in [6, 6.07) is -0.612. The Balaban J connectivity index is 1.78. The van der Waals surface area contributed by atoms with E-state index in [9.17, 15) is 15.0 Å². The van der Waals surface area contributed by atoms with E-state index in [1.54, 1.807) is 18.5 Å². The summed E-state index contributed by atoms with van der Waals surface area (Å²) in [7, 11) is 3.20. The standard InChI is InChI=1S/C19H21N7O4/c1-19(18(29)21-3)8-10(14(27)15(19)28)26-9-23-13-16(20-2)24-11(25-17(13)26)4-5-12-22-6-7-30-12/h6-7,9-10,14-15,27-28H,8H2,1-3H3,(H,21,29)(H,20,24,25)/t10-,14+,15+,19?/m1/s1. The number of carbonyl (C=O) groups excluding carboxylic acids is 1. The molecule has 0 spiro atoms. The molecule has 4 atom stereocenters. The van der Waals surface area contributed by atoms with E-state index >= 15 is 0 Å². The zero-order valence-corrected chi connectivity index (χ0v) is 16.6. The molecule has 1 amide bonds. The number of rotatable bonds is 3. The van der Waals surface area contributed by atoms with Gasteiger partial charge in [0.25, 0.3) is 5.89 Å². The van der Waals surface area contributed by atoms with E-state index in [-0.39, 0.29) is 24.0 Å². The molecule has 0 aromatic carbocycles. The molecule has 3 heterocycles. The molecule has 1 fully saturated rings. The number of nitrogens with zero attached hydrogens (tertiary/aromatic N) is 5. The Hall–Kier alpha value is -3.49. The second-order valence-electron chi connectivity index (χ2n) is 7.26. The van der Waals surface area contributed by atoms with Gasteiger partial charge < -0.3 is 29.8 Å². The van der Waals surface area contributed by atoms with Crippen molar-refractivity contribution in [3.63, 3.8) is 0 Å². The number of aliphatic hydroxyl groups is 2. The van der Waals surface area contributed by atoms with Crippen LogP contribution in [0.25, 0.3) is 11.2 Å². The van der Waals surface area contributed by atoms with Crippen molar-refractivity contribution < 1.29 is 19.4 Å². The summed E-state index contributed by atoms with van der Waals surface area (Å²) < 4.78 is 6.75. The smallest absolute Gasteiger partial charge is 0.273 e. The monoisotopic (exact) mass is 411 g/mol. The third kappa shape index (κ3) is 3.06. The van der Waals surface area contributed by atoms with E-state index in [0.29, 0.717) is 17.0 Å². The number of oxazole rings is 1. The molecule has 30 heavy (non-hydrogen) atoms. The highest BCUT2D eigenvalue weighted by atomic mass is 16.3. The third-order valence-electron chi connectivity index (χ3n) is 5.48. The average molecular weight is 411 g/mol. The van der Waals surface area contributed by atoms with Gasteiger partial charge in [0.05, 0.1) is 30.1 Å².